The summed E-state index contributed by atoms with van der Waals surface area (Å²) in [4.78, 5) is 9.59. The maximum Gasteiger partial charge on any atom is 0.0724 e. The van der Waals surface area contributed by atoms with E-state index in [1.165, 1.54) is 37.9 Å². The molecule has 57 heavy (non-hydrogen) atoms. The van der Waals surface area contributed by atoms with E-state index in [1.54, 1.807) is 0 Å². The van der Waals surface area contributed by atoms with Crippen molar-refractivity contribution >= 4 is 56.0 Å². The Hall–Kier alpha value is -7.34. The van der Waals surface area contributed by atoms with Gasteiger partial charge >= 0.3 is 0 Å². The van der Waals surface area contributed by atoms with E-state index in [0.29, 0.717) is 0 Å². The highest BCUT2D eigenvalue weighted by atomic mass is 14.7. The average Bonchev–Trinajstić information content (AvgIpc) is 3.28. The van der Waals surface area contributed by atoms with Gasteiger partial charge in [0.25, 0.3) is 0 Å². The summed E-state index contributed by atoms with van der Waals surface area (Å²) in [5.74, 6) is 0. The van der Waals surface area contributed by atoms with Crippen molar-refractivity contribution in [3.05, 3.63) is 217 Å². The highest BCUT2D eigenvalue weighted by Gasteiger charge is 2.14. The van der Waals surface area contributed by atoms with E-state index < -0.39 is 0 Å². The third kappa shape index (κ3) is 8.97. The van der Waals surface area contributed by atoms with E-state index in [2.05, 4.69) is 190 Å². The highest BCUT2D eigenvalue weighted by Crippen LogP contribution is 2.38. The lowest BCUT2D eigenvalue weighted by molar-refractivity contribution is 1.48. The molecule has 0 spiro atoms. The van der Waals surface area contributed by atoms with E-state index in [4.69, 9.17) is 4.99 Å². The number of hydrogen-bond acceptors (Lipinski definition) is 2. The average molecular weight is 735 g/mol. The summed E-state index contributed by atoms with van der Waals surface area (Å²) in [6, 6.07) is 49.9. The first kappa shape index (κ1) is 39.4. The molecule has 0 saturated heterocycles. The van der Waals surface area contributed by atoms with Gasteiger partial charge in [0, 0.05) is 17.3 Å². The van der Waals surface area contributed by atoms with Gasteiger partial charge in [0.2, 0.25) is 0 Å². The lowest BCUT2D eigenvalue weighted by Gasteiger charge is -2.15. The zero-order chi connectivity index (χ0) is 40.0. The Balaban J connectivity index is 0.00000270. The fourth-order valence-corrected chi connectivity index (χ4v) is 7.16. The van der Waals surface area contributed by atoms with Crippen molar-refractivity contribution in [2.24, 2.45) is 9.98 Å². The maximum absolute atomic E-state index is 5.06. The fourth-order valence-electron chi connectivity index (χ4n) is 7.16. The first-order valence-electron chi connectivity index (χ1n) is 19.1. The molecule has 2 heteroatoms. The minimum atomic E-state index is 0.743. The summed E-state index contributed by atoms with van der Waals surface area (Å²) in [6.07, 6.45) is 28.2. The van der Waals surface area contributed by atoms with E-state index in [0.717, 1.165) is 50.4 Å². The van der Waals surface area contributed by atoms with Gasteiger partial charge in [-0.1, -0.05) is 158 Å². The molecule has 7 aromatic carbocycles. The Morgan fingerprint density at radius 1 is 0.491 bits per heavy atom. The lowest BCUT2D eigenvalue weighted by Crippen LogP contribution is -2.01. The fraction of sp³-hybridized carbons (Fsp3) is 0.0545. The highest BCUT2D eigenvalue weighted by molar-refractivity contribution is 6.25. The summed E-state index contributed by atoms with van der Waals surface area (Å²) in [6.45, 7) is 10.1. The minimum absolute atomic E-state index is 0.743. The Bertz CT molecular complexity index is 2730. The number of nitrogens with zero attached hydrogens (tertiary/aromatic N) is 2. The van der Waals surface area contributed by atoms with Gasteiger partial charge in [-0.15, -0.1) is 12.8 Å². The van der Waals surface area contributed by atoms with Crippen LogP contribution >= 0.6 is 0 Å². The number of hydrogen-bond donors (Lipinski definition) is 0. The van der Waals surface area contributed by atoms with Gasteiger partial charge in [-0.05, 0) is 130 Å². The van der Waals surface area contributed by atoms with E-state index >= 15 is 0 Å². The molecule has 7 aromatic rings. The number of fused-ring (bicyclic) bond motifs is 6. The number of terminal acetylenes is 1. The summed E-state index contributed by atoms with van der Waals surface area (Å²) in [5.41, 5.74) is 10.3. The molecule has 2 nitrogen and oxygen atoms in total. The SMILES string of the molecule is C#C.C=N\C(=C/C(=N/C=C\C=C/C=C/C)c1cc(C(/C=C\C)=C/C)cc(-c2ccc3c4ccccc4c4ccccc4c3c2)c1)c1ccc(-c2ccccc2)cc1. The van der Waals surface area contributed by atoms with Gasteiger partial charge in [0.1, 0.15) is 0 Å². The molecule has 0 heterocycles. The zero-order valence-corrected chi connectivity index (χ0v) is 32.8. The molecular weight excluding hydrogens is 689 g/mol. The van der Waals surface area contributed by atoms with E-state index in [-0.39, 0.29) is 0 Å². The number of benzene rings is 7. The molecule has 0 unspecified atom stereocenters. The topological polar surface area (TPSA) is 24.7 Å². The van der Waals surface area contributed by atoms with Crippen LogP contribution in [-0.2, 0) is 0 Å². The Morgan fingerprint density at radius 3 is 1.67 bits per heavy atom. The van der Waals surface area contributed by atoms with Crippen molar-refractivity contribution in [1.82, 2.24) is 0 Å². The largest absolute Gasteiger partial charge is 0.264 e. The smallest absolute Gasteiger partial charge is 0.0724 e. The van der Waals surface area contributed by atoms with Crippen molar-refractivity contribution in [3.8, 4) is 35.1 Å². The molecule has 0 aliphatic carbocycles. The predicted octanol–water partition coefficient (Wildman–Crippen LogP) is 14.9. The minimum Gasteiger partial charge on any atom is -0.264 e. The van der Waals surface area contributed by atoms with Crippen LogP contribution in [0.15, 0.2) is 210 Å². The maximum atomic E-state index is 5.06. The monoisotopic (exact) mass is 734 g/mol. The molecule has 0 aliphatic heterocycles. The number of allylic oxidation sites excluding steroid dienone is 10. The molecule has 0 atom stereocenters. The van der Waals surface area contributed by atoms with Crippen LogP contribution in [0.1, 0.15) is 37.5 Å². The second kappa shape index (κ2) is 19.3. The lowest BCUT2D eigenvalue weighted by atomic mass is 9.90. The zero-order valence-electron chi connectivity index (χ0n) is 32.8. The van der Waals surface area contributed by atoms with Crippen LogP contribution in [0.3, 0.4) is 0 Å². The van der Waals surface area contributed by atoms with Gasteiger partial charge in [0.15, 0.2) is 0 Å². The van der Waals surface area contributed by atoms with Gasteiger partial charge in [0.05, 0.1) is 11.4 Å². The van der Waals surface area contributed by atoms with Crippen molar-refractivity contribution < 1.29 is 0 Å². The molecule has 0 amide bonds. The molecule has 276 valence electrons. The Morgan fingerprint density at radius 2 is 1.05 bits per heavy atom. The van der Waals surface area contributed by atoms with Gasteiger partial charge in [-0.3, -0.25) is 9.98 Å². The number of rotatable bonds is 11. The summed E-state index contributed by atoms with van der Waals surface area (Å²) < 4.78 is 0. The van der Waals surface area contributed by atoms with Gasteiger partial charge in [-0.2, -0.15) is 0 Å². The van der Waals surface area contributed by atoms with Crippen molar-refractivity contribution in [1.29, 1.82) is 0 Å². The van der Waals surface area contributed by atoms with Crippen molar-refractivity contribution in [2.75, 3.05) is 0 Å². The Kier molecular flexibility index (Phi) is 13.3. The van der Waals surface area contributed by atoms with Gasteiger partial charge < -0.3 is 0 Å². The molecule has 7 rings (SSSR count). The molecule has 0 bridgehead atoms. The van der Waals surface area contributed by atoms with Crippen molar-refractivity contribution in [2.45, 2.75) is 20.8 Å². The summed E-state index contributed by atoms with van der Waals surface area (Å²) in [7, 11) is 0. The standard InChI is InChI=1S/C53H44N2.C2H2/c1-5-8-9-10-18-32-55-53(37-52(54-4)41-28-26-40(27-29-41)39-20-12-11-13-21-39)45-34-43(38(7-3)19-6-2)33-44(35-45)42-30-31-50-48-24-15-14-22-46(48)47-23-16-17-25-49(47)51(50)36-42;1-2/h5-37H,4H2,1-3H3;1-2H/b8-5+,10-9-,19-6-,32-18-,38-7+,52-37-,55-53-;. The van der Waals surface area contributed by atoms with Crippen LogP contribution in [0.5, 0.6) is 0 Å². The summed E-state index contributed by atoms with van der Waals surface area (Å²) in [5, 5.41) is 7.53. The van der Waals surface area contributed by atoms with Gasteiger partial charge in [-0.25, -0.2) is 0 Å². The van der Waals surface area contributed by atoms with Crippen LogP contribution in [0.2, 0.25) is 0 Å². The quantitative estimate of drug-likeness (QED) is 0.0547. The summed E-state index contributed by atoms with van der Waals surface area (Å²) >= 11 is 0. The molecule has 0 aliphatic rings. The molecule has 0 N–H and O–H groups in total. The normalized spacial score (nSPS) is 12.7. The molecule has 0 fully saturated rings. The third-order valence-corrected chi connectivity index (χ3v) is 9.85. The van der Waals surface area contributed by atoms with Crippen LogP contribution in [0, 0.1) is 12.8 Å². The molecule has 0 radical (unpaired) electrons. The Labute approximate surface area is 337 Å². The predicted molar refractivity (Wildman–Crippen MR) is 252 cm³/mol. The molecule has 0 aromatic heterocycles. The first-order chi connectivity index (χ1) is 28.1. The first-order valence-corrected chi connectivity index (χ1v) is 19.1. The van der Waals surface area contributed by atoms with E-state index in [9.17, 15) is 0 Å². The van der Waals surface area contributed by atoms with Crippen LogP contribution < -0.4 is 0 Å². The molecular formula is C55H46N2. The number of aliphatic imine (C=N–C) groups is 2. The second-order valence-corrected chi connectivity index (χ2v) is 13.3. The third-order valence-electron chi connectivity index (χ3n) is 9.85. The van der Waals surface area contributed by atoms with Crippen LogP contribution in [0.25, 0.3) is 65.8 Å². The van der Waals surface area contributed by atoms with Crippen LogP contribution in [0.4, 0.5) is 0 Å². The van der Waals surface area contributed by atoms with E-state index in [1.807, 2.05) is 55.6 Å². The van der Waals surface area contributed by atoms with Crippen molar-refractivity contribution in [3.63, 3.8) is 0 Å². The molecule has 0 saturated carbocycles. The second-order valence-electron chi connectivity index (χ2n) is 13.3. The van der Waals surface area contributed by atoms with Crippen LogP contribution in [-0.4, -0.2) is 12.4 Å².